The van der Waals surface area contributed by atoms with Gasteiger partial charge in [0.05, 0.1) is 0 Å². The van der Waals surface area contributed by atoms with Crippen molar-refractivity contribution in [3.05, 3.63) is 54.1 Å². The topological polar surface area (TPSA) is 93.5 Å². The summed E-state index contributed by atoms with van der Waals surface area (Å²) in [6.07, 6.45) is 4.84. The number of rotatable bonds is 3. The number of carbonyl (C=O) groups is 1. The lowest BCUT2D eigenvalue weighted by Gasteiger charge is -2.06. The molecule has 0 saturated heterocycles. The van der Waals surface area contributed by atoms with Crippen LogP contribution in [0.1, 0.15) is 29.4 Å². The number of hydrogen-bond acceptors (Lipinski definition) is 4. The number of fused-ring (bicyclic) bond motifs is 1. The Balaban J connectivity index is 2.11. The van der Waals surface area contributed by atoms with Gasteiger partial charge in [-0.1, -0.05) is 30.9 Å². The molecule has 0 aliphatic heterocycles. The van der Waals surface area contributed by atoms with E-state index in [1.165, 1.54) is 0 Å². The van der Waals surface area contributed by atoms with Crippen LogP contribution in [0.3, 0.4) is 0 Å². The molecule has 120 valence electrons. The second-order valence-electron chi connectivity index (χ2n) is 5.27. The third-order valence-electron chi connectivity index (χ3n) is 3.53. The summed E-state index contributed by atoms with van der Waals surface area (Å²) in [4.78, 5) is 20.1. The van der Waals surface area contributed by atoms with Crippen LogP contribution in [0.15, 0.2) is 42.9 Å². The summed E-state index contributed by atoms with van der Waals surface area (Å²) in [7, 11) is 0. The van der Waals surface area contributed by atoms with E-state index >= 15 is 0 Å². The SMILES string of the molecule is CCC(O)C#Cc1cccc(-c2nc(C(N)=O)cn3ccnc23)c1. The lowest BCUT2D eigenvalue weighted by Crippen LogP contribution is -2.14. The summed E-state index contributed by atoms with van der Waals surface area (Å²) >= 11 is 0. The van der Waals surface area contributed by atoms with Gasteiger partial charge < -0.3 is 15.2 Å². The molecule has 1 atom stereocenters. The number of aromatic nitrogens is 3. The van der Waals surface area contributed by atoms with Crippen molar-refractivity contribution in [3.8, 4) is 23.1 Å². The van der Waals surface area contributed by atoms with Gasteiger partial charge in [-0.2, -0.15) is 0 Å². The maximum atomic E-state index is 11.5. The summed E-state index contributed by atoms with van der Waals surface area (Å²) in [6, 6.07) is 7.40. The van der Waals surface area contributed by atoms with Gasteiger partial charge in [0.2, 0.25) is 0 Å². The predicted molar refractivity (Wildman–Crippen MR) is 90.1 cm³/mol. The Labute approximate surface area is 139 Å². The number of amides is 1. The number of nitrogens with zero attached hydrogens (tertiary/aromatic N) is 3. The zero-order valence-electron chi connectivity index (χ0n) is 13.1. The molecule has 0 radical (unpaired) electrons. The lowest BCUT2D eigenvalue weighted by molar-refractivity contribution is 0.0995. The Morgan fingerprint density at radius 1 is 1.46 bits per heavy atom. The molecule has 0 aliphatic rings. The molecule has 2 heterocycles. The van der Waals surface area contributed by atoms with Crippen LogP contribution in [0.2, 0.25) is 0 Å². The zero-order chi connectivity index (χ0) is 17.1. The number of aliphatic hydroxyl groups is 1. The van der Waals surface area contributed by atoms with Crippen LogP contribution < -0.4 is 5.73 Å². The number of nitrogens with two attached hydrogens (primary N) is 1. The van der Waals surface area contributed by atoms with E-state index in [2.05, 4.69) is 21.8 Å². The van der Waals surface area contributed by atoms with Crippen LogP contribution >= 0.6 is 0 Å². The van der Waals surface area contributed by atoms with Gasteiger partial charge in [-0.15, -0.1) is 0 Å². The minimum atomic E-state index is -0.649. The van der Waals surface area contributed by atoms with Crippen LogP contribution in [-0.2, 0) is 0 Å². The summed E-state index contributed by atoms with van der Waals surface area (Å²) < 4.78 is 1.71. The molecule has 0 aliphatic carbocycles. The van der Waals surface area contributed by atoms with Crippen molar-refractivity contribution < 1.29 is 9.90 Å². The van der Waals surface area contributed by atoms with Gasteiger partial charge in [0.25, 0.3) is 5.91 Å². The summed E-state index contributed by atoms with van der Waals surface area (Å²) in [5.41, 5.74) is 8.21. The molecule has 3 rings (SSSR count). The molecule has 24 heavy (non-hydrogen) atoms. The lowest BCUT2D eigenvalue weighted by atomic mass is 10.1. The number of aliphatic hydroxyl groups excluding tert-OH is 1. The van der Waals surface area contributed by atoms with Gasteiger partial charge in [-0.25, -0.2) is 9.97 Å². The van der Waals surface area contributed by atoms with E-state index in [-0.39, 0.29) is 5.69 Å². The number of hydrogen-bond donors (Lipinski definition) is 2. The van der Waals surface area contributed by atoms with Crippen molar-refractivity contribution in [1.29, 1.82) is 0 Å². The van der Waals surface area contributed by atoms with Gasteiger partial charge in [0, 0.05) is 29.7 Å². The van der Waals surface area contributed by atoms with E-state index in [4.69, 9.17) is 5.73 Å². The maximum Gasteiger partial charge on any atom is 0.268 e. The van der Waals surface area contributed by atoms with Crippen LogP contribution in [0.5, 0.6) is 0 Å². The highest BCUT2D eigenvalue weighted by Crippen LogP contribution is 2.23. The highest BCUT2D eigenvalue weighted by Gasteiger charge is 2.12. The van der Waals surface area contributed by atoms with Crippen molar-refractivity contribution in [3.63, 3.8) is 0 Å². The van der Waals surface area contributed by atoms with Crippen LogP contribution in [0.25, 0.3) is 16.9 Å². The second kappa shape index (κ2) is 6.52. The molecule has 1 amide bonds. The molecule has 6 heteroatoms. The molecule has 6 nitrogen and oxygen atoms in total. The Hall–Kier alpha value is -3.17. The molecule has 0 saturated carbocycles. The summed E-state index contributed by atoms with van der Waals surface area (Å²) in [5, 5.41) is 9.57. The fourth-order valence-corrected chi connectivity index (χ4v) is 2.26. The number of benzene rings is 1. The molecule has 1 unspecified atom stereocenters. The van der Waals surface area contributed by atoms with Gasteiger partial charge in [0.15, 0.2) is 5.65 Å². The molecular formula is C18H16N4O2. The monoisotopic (exact) mass is 320 g/mol. The summed E-state index contributed by atoms with van der Waals surface area (Å²) in [5.74, 6) is 5.11. The Kier molecular flexibility index (Phi) is 4.27. The first-order valence-corrected chi connectivity index (χ1v) is 7.52. The highest BCUT2D eigenvalue weighted by atomic mass is 16.3. The smallest absolute Gasteiger partial charge is 0.268 e. The molecule has 3 N–H and O–H groups in total. The molecule has 0 spiro atoms. The average molecular weight is 320 g/mol. The Bertz CT molecular complexity index is 966. The minimum Gasteiger partial charge on any atom is -0.380 e. The standard InChI is InChI=1S/C18H16N4O2/c1-2-14(23)7-6-12-4-3-5-13(10-12)16-18-20-8-9-22(18)11-15(21-16)17(19)24/h3-5,8-11,14,23H,2H2,1H3,(H2,19,24). The van der Waals surface area contributed by atoms with Gasteiger partial charge in [-0.05, 0) is 18.6 Å². The summed E-state index contributed by atoms with van der Waals surface area (Å²) in [6.45, 7) is 1.87. The van der Waals surface area contributed by atoms with E-state index in [1.54, 1.807) is 23.0 Å². The van der Waals surface area contributed by atoms with E-state index in [0.717, 1.165) is 11.1 Å². The predicted octanol–water partition coefficient (Wildman–Crippen LogP) is 1.62. The number of primary amides is 1. The first-order valence-electron chi connectivity index (χ1n) is 7.52. The van der Waals surface area contributed by atoms with Crippen molar-refractivity contribution in [2.75, 3.05) is 0 Å². The van der Waals surface area contributed by atoms with Crippen LogP contribution in [-0.4, -0.2) is 31.5 Å². The molecule has 0 fully saturated rings. The van der Waals surface area contributed by atoms with E-state index in [1.807, 2.05) is 31.2 Å². The average Bonchev–Trinajstić information content (AvgIpc) is 3.07. The normalized spacial score (nSPS) is 11.8. The highest BCUT2D eigenvalue weighted by molar-refractivity contribution is 5.92. The van der Waals surface area contributed by atoms with Gasteiger partial charge in [-0.3, -0.25) is 4.79 Å². The van der Waals surface area contributed by atoms with E-state index in [9.17, 15) is 9.90 Å². The van der Waals surface area contributed by atoms with Crippen molar-refractivity contribution >= 4 is 11.6 Å². The Morgan fingerprint density at radius 3 is 3.04 bits per heavy atom. The molecule has 1 aromatic carbocycles. The Morgan fingerprint density at radius 2 is 2.29 bits per heavy atom. The fourth-order valence-electron chi connectivity index (χ4n) is 2.26. The van der Waals surface area contributed by atoms with Gasteiger partial charge >= 0.3 is 0 Å². The minimum absolute atomic E-state index is 0.161. The molecular weight excluding hydrogens is 304 g/mol. The first kappa shape index (κ1) is 15.7. The fraction of sp³-hybridized carbons (Fsp3) is 0.167. The van der Waals surface area contributed by atoms with Crippen molar-refractivity contribution in [2.24, 2.45) is 5.73 Å². The van der Waals surface area contributed by atoms with E-state index in [0.29, 0.717) is 17.8 Å². The van der Waals surface area contributed by atoms with Crippen molar-refractivity contribution in [2.45, 2.75) is 19.4 Å². The quantitative estimate of drug-likeness (QED) is 0.717. The number of carbonyl (C=O) groups excluding carboxylic acids is 1. The van der Waals surface area contributed by atoms with Crippen LogP contribution in [0.4, 0.5) is 0 Å². The zero-order valence-corrected chi connectivity index (χ0v) is 13.1. The molecule has 3 aromatic rings. The van der Waals surface area contributed by atoms with E-state index < -0.39 is 12.0 Å². The largest absolute Gasteiger partial charge is 0.380 e. The van der Waals surface area contributed by atoms with Crippen molar-refractivity contribution in [1.82, 2.24) is 14.4 Å². The number of imidazole rings is 1. The maximum absolute atomic E-state index is 11.5. The molecule has 2 aromatic heterocycles. The second-order valence-corrected chi connectivity index (χ2v) is 5.27. The van der Waals surface area contributed by atoms with Crippen LogP contribution in [0, 0.1) is 11.8 Å². The molecule has 0 bridgehead atoms. The third kappa shape index (κ3) is 3.12. The van der Waals surface area contributed by atoms with Gasteiger partial charge in [0.1, 0.15) is 17.5 Å². The third-order valence-corrected chi connectivity index (χ3v) is 3.53. The first-order chi connectivity index (χ1) is 11.6.